The van der Waals surface area contributed by atoms with Gasteiger partial charge in [0.2, 0.25) is 0 Å². The van der Waals surface area contributed by atoms with Crippen molar-refractivity contribution in [3.05, 3.63) is 241 Å². The van der Waals surface area contributed by atoms with Gasteiger partial charge in [0.1, 0.15) is 0 Å². The van der Waals surface area contributed by atoms with E-state index in [2.05, 4.69) is 234 Å². The van der Waals surface area contributed by atoms with Crippen LogP contribution in [-0.4, -0.2) is 4.57 Å². The van der Waals surface area contributed by atoms with Gasteiger partial charge in [0, 0.05) is 39.3 Å². The third-order valence-electron chi connectivity index (χ3n) is 12.0. The second-order valence-electron chi connectivity index (χ2n) is 15.2. The van der Waals surface area contributed by atoms with Gasteiger partial charge in [-0.2, -0.15) is 0 Å². The van der Waals surface area contributed by atoms with Crippen LogP contribution in [0.4, 0.5) is 17.1 Å². The van der Waals surface area contributed by atoms with Gasteiger partial charge < -0.3 is 9.47 Å². The summed E-state index contributed by atoms with van der Waals surface area (Å²) in [6.07, 6.45) is 0.910. The van der Waals surface area contributed by atoms with E-state index in [0.29, 0.717) is 0 Å². The third-order valence-corrected chi connectivity index (χ3v) is 12.0. The maximum Gasteiger partial charge on any atom is 0.0541 e. The second kappa shape index (κ2) is 14.3. The highest BCUT2D eigenvalue weighted by Crippen LogP contribution is 2.49. The van der Waals surface area contributed by atoms with Crippen molar-refractivity contribution in [1.82, 2.24) is 4.57 Å². The van der Waals surface area contributed by atoms with E-state index in [9.17, 15) is 0 Å². The molecule has 2 nitrogen and oxygen atoms in total. The Labute approximate surface area is 339 Å². The largest absolute Gasteiger partial charge is 0.310 e. The zero-order chi connectivity index (χ0) is 38.4. The Morgan fingerprint density at radius 1 is 0.379 bits per heavy atom. The first kappa shape index (κ1) is 33.9. The summed E-state index contributed by atoms with van der Waals surface area (Å²) in [6.45, 7) is 0. The van der Waals surface area contributed by atoms with E-state index in [0.717, 1.165) is 17.8 Å². The number of nitrogens with zero attached hydrogens (tertiary/aromatic N) is 2. The molecule has 0 fully saturated rings. The maximum atomic E-state index is 2.49. The number of benzene rings is 9. The van der Waals surface area contributed by atoms with Gasteiger partial charge in [-0.15, -0.1) is 0 Å². The lowest BCUT2D eigenvalue weighted by Crippen LogP contribution is -2.18. The standard InChI is InChI=1S/C56H40N2/c1-3-17-39(18-4-1)40-31-34-44(35-32-40)57(43-20-5-2-6-21-43)56-36-33-42(38-52(56)51-37-41-19-7-8-22-45(41)47-24-9-10-25-48(47)51)46-23-11-14-28-53(46)58-54-29-15-12-26-49(54)50-27-13-16-30-55(50)58/h1-36,38,51H,37H2. The van der Waals surface area contributed by atoms with Crippen molar-refractivity contribution in [2.45, 2.75) is 12.3 Å². The lowest BCUT2D eigenvalue weighted by molar-refractivity contribution is 0.793. The van der Waals surface area contributed by atoms with Gasteiger partial charge in [0.25, 0.3) is 0 Å². The molecule has 1 heterocycles. The summed E-state index contributed by atoms with van der Waals surface area (Å²) in [5, 5.41) is 2.52. The van der Waals surface area contributed by atoms with Crippen LogP contribution in [0.5, 0.6) is 0 Å². The highest BCUT2D eigenvalue weighted by molar-refractivity contribution is 6.09. The summed E-state index contributed by atoms with van der Waals surface area (Å²) in [4.78, 5) is 2.45. The lowest BCUT2D eigenvalue weighted by atomic mass is 9.74. The first-order chi connectivity index (χ1) is 28.8. The molecule has 1 atom stereocenters. The fourth-order valence-electron chi connectivity index (χ4n) is 9.35. The molecule has 1 aliphatic rings. The molecular formula is C56H40N2. The Morgan fingerprint density at radius 2 is 0.914 bits per heavy atom. The Morgan fingerprint density at radius 3 is 1.66 bits per heavy atom. The molecule has 0 saturated heterocycles. The highest BCUT2D eigenvalue weighted by atomic mass is 15.1. The molecular weight excluding hydrogens is 701 g/mol. The van der Waals surface area contributed by atoms with Crippen molar-refractivity contribution in [3.63, 3.8) is 0 Å². The molecule has 11 rings (SSSR count). The van der Waals surface area contributed by atoms with Crippen LogP contribution in [0.1, 0.15) is 22.6 Å². The average Bonchev–Trinajstić information content (AvgIpc) is 3.64. The van der Waals surface area contributed by atoms with Gasteiger partial charge in [-0.05, 0) is 106 Å². The zero-order valence-electron chi connectivity index (χ0n) is 32.0. The molecule has 0 spiro atoms. The molecule has 9 aromatic carbocycles. The summed E-state index contributed by atoms with van der Waals surface area (Å²) in [5.41, 5.74) is 18.5. The number of anilines is 3. The monoisotopic (exact) mass is 740 g/mol. The number of fused-ring (bicyclic) bond motifs is 6. The van der Waals surface area contributed by atoms with Crippen LogP contribution in [0.3, 0.4) is 0 Å². The molecule has 1 unspecified atom stereocenters. The molecule has 0 bridgehead atoms. The van der Waals surface area contributed by atoms with E-state index in [4.69, 9.17) is 0 Å². The topological polar surface area (TPSA) is 8.17 Å². The van der Waals surface area contributed by atoms with Gasteiger partial charge in [-0.3, -0.25) is 0 Å². The number of hydrogen-bond donors (Lipinski definition) is 0. The molecule has 2 heteroatoms. The number of rotatable bonds is 7. The summed E-state index contributed by atoms with van der Waals surface area (Å²) in [6, 6.07) is 82.2. The van der Waals surface area contributed by atoms with Gasteiger partial charge in [0.15, 0.2) is 0 Å². The van der Waals surface area contributed by atoms with Crippen LogP contribution < -0.4 is 4.90 Å². The van der Waals surface area contributed by atoms with Crippen LogP contribution in [0.2, 0.25) is 0 Å². The minimum absolute atomic E-state index is 0.122. The maximum absolute atomic E-state index is 2.49. The summed E-state index contributed by atoms with van der Waals surface area (Å²) >= 11 is 0. The molecule has 10 aromatic rings. The molecule has 0 N–H and O–H groups in total. The summed E-state index contributed by atoms with van der Waals surface area (Å²) < 4.78 is 2.45. The minimum atomic E-state index is 0.122. The fourth-order valence-corrected chi connectivity index (χ4v) is 9.35. The number of para-hydroxylation sites is 4. The molecule has 58 heavy (non-hydrogen) atoms. The van der Waals surface area contributed by atoms with Crippen molar-refractivity contribution in [2.24, 2.45) is 0 Å². The second-order valence-corrected chi connectivity index (χ2v) is 15.2. The minimum Gasteiger partial charge on any atom is -0.310 e. The number of hydrogen-bond acceptors (Lipinski definition) is 1. The zero-order valence-corrected chi connectivity index (χ0v) is 32.0. The Balaban J connectivity index is 1.15. The van der Waals surface area contributed by atoms with Crippen LogP contribution >= 0.6 is 0 Å². The van der Waals surface area contributed by atoms with Crippen LogP contribution in [0, 0.1) is 0 Å². The molecule has 1 aromatic heterocycles. The van der Waals surface area contributed by atoms with Gasteiger partial charge >= 0.3 is 0 Å². The van der Waals surface area contributed by atoms with Crippen molar-refractivity contribution in [3.8, 4) is 39.1 Å². The normalized spacial score (nSPS) is 13.3. The first-order valence-corrected chi connectivity index (χ1v) is 20.2. The van der Waals surface area contributed by atoms with Gasteiger partial charge in [-0.1, -0.05) is 170 Å². The van der Waals surface area contributed by atoms with E-state index in [-0.39, 0.29) is 5.92 Å². The predicted molar refractivity (Wildman–Crippen MR) is 244 cm³/mol. The SMILES string of the molecule is c1ccc(-c2ccc(N(c3ccccc3)c3ccc(-c4ccccc4-n4c5ccccc5c5ccccc54)cc3C3Cc4ccccc4-c4ccccc43)cc2)cc1. The summed E-state index contributed by atoms with van der Waals surface area (Å²) in [5.74, 6) is 0.122. The Bertz CT molecular complexity index is 3030. The van der Waals surface area contributed by atoms with Crippen molar-refractivity contribution in [1.29, 1.82) is 0 Å². The number of aromatic nitrogens is 1. The molecule has 0 saturated carbocycles. The third kappa shape index (κ3) is 5.73. The fraction of sp³-hybridized carbons (Fsp3) is 0.0357. The van der Waals surface area contributed by atoms with Crippen LogP contribution in [0.15, 0.2) is 224 Å². The highest BCUT2D eigenvalue weighted by Gasteiger charge is 2.30. The van der Waals surface area contributed by atoms with Crippen molar-refractivity contribution < 1.29 is 0 Å². The van der Waals surface area contributed by atoms with Gasteiger partial charge in [0.05, 0.1) is 16.7 Å². The van der Waals surface area contributed by atoms with E-state index in [1.807, 2.05) is 0 Å². The smallest absolute Gasteiger partial charge is 0.0541 e. The quantitative estimate of drug-likeness (QED) is 0.158. The molecule has 0 radical (unpaired) electrons. The van der Waals surface area contributed by atoms with Crippen LogP contribution in [0.25, 0.3) is 60.9 Å². The Kier molecular flexibility index (Phi) is 8.33. The molecule has 1 aliphatic carbocycles. The summed E-state index contributed by atoms with van der Waals surface area (Å²) in [7, 11) is 0. The molecule has 274 valence electrons. The lowest BCUT2D eigenvalue weighted by Gasteiger charge is -2.34. The first-order valence-electron chi connectivity index (χ1n) is 20.2. The molecule has 0 amide bonds. The van der Waals surface area contributed by atoms with E-state index >= 15 is 0 Å². The molecule has 0 aliphatic heterocycles. The average molecular weight is 741 g/mol. The van der Waals surface area contributed by atoms with Gasteiger partial charge in [-0.25, -0.2) is 0 Å². The van der Waals surface area contributed by atoms with Crippen LogP contribution in [-0.2, 0) is 6.42 Å². The Hall–Kier alpha value is -7.42. The van der Waals surface area contributed by atoms with E-state index < -0.39 is 0 Å². The van der Waals surface area contributed by atoms with Crippen molar-refractivity contribution >= 4 is 38.9 Å². The predicted octanol–water partition coefficient (Wildman–Crippen LogP) is 14.9. The van der Waals surface area contributed by atoms with Crippen molar-refractivity contribution in [2.75, 3.05) is 4.90 Å². The van der Waals surface area contributed by atoms with E-state index in [1.165, 1.54) is 83.3 Å². The van der Waals surface area contributed by atoms with E-state index in [1.54, 1.807) is 0 Å².